The van der Waals surface area contributed by atoms with Gasteiger partial charge in [-0.05, 0) is 51.5 Å². The lowest BCUT2D eigenvalue weighted by atomic mass is 9.92. The largest absolute Gasteiger partial charge is 0.461 e. The van der Waals surface area contributed by atoms with Crippen LogP contribution in [0.4, 0.5) is 4.79 Å². The van der Waals surface area contributed by atoms with Gasteiger partial charge in [-0.2, -0.15) is 0 Å². The second-order valence-corrected chi connectivity index (χ2v) is 10.9. The maximum Gasteiger partial charge on any atom is 0.408 e. The first-order valence-electron chi connectivity index (χ1n) is 12.2. The van der Waals surface area contributed by atoms with Gasteiger partial charge in [-0.25, -0.2) is 14.6 Å². The van der Waals surface area contributed by atoms with Crippen molar-refractivity contribution in [2.24, 2.45) is 17.0 Å². The van der Waals surface area contributed by atoms with E-state index in [0.717, 1.165) is 0 Å². The molecule has 1 aromatic heterocycles. The van der Waals surface area contributed by atoms with E-state index in [9.17, 15) is 19.9 Å². The quantitative estimate of drug-likeness (QED) is 0.166. The summed E-state index contributed by atoms with van der Waals surface area (Å²) >= 11 is 1.20. The molecule has 0 spiro atoms. The summed E-state index contributed by atoms with van der Waals surface area (Å²) in [5.41, 5.74) is 8.64. The SMILES string of the molecule is CCOC(=O)c1csc(C(C[C@H](C(C)C)N(C)C(=O)[C@@H](NC(=O)OC(C)(C)C)[C@@H](C)CC)N=[N+]=[N-])n1. The van der Waals surface area contributed by atoms with Gasteiger partial charge < -0.3 is 19.7 Å². The Morgan fingerprint density at radius 3 is 2.39 bits per heavy atom. The Kier molecular flexibility index (Phi) is 12.2. The molecule has 1 aromatic rings. The zero-order valence-electron chi connectivity index (χ0n) is 22.8. The predicted molar refractivity (Wildman–Crippen MR) is 139 cm³/mol. The lowest BCUT2D eigenvalue weighted by Gasteiger charge is -2.36. The van der Waals surface area contributed by atoms with Crippen LogP contribution < -0.4 is 5.32 Å². The van der Waals surface area contributed by atoms with Crippen LogP contribution in [0.15, 0.2) is 10.5 Å². The number of carbonyl (C=O) groups is 3. The Bertz CT molecular complexity index is 938. The minimum atomic E-state index is -0.788. The number of azide groups is 1. The fourth-order valence-electron chi connectivity index (χ4n) is 3.61. The molecule has 0 radical (unpaired) electrons. The molecule has 11 nitrogen and oxygen atoms in total. The molecule has 0 aliphatic heterocycles. The summed E-state index contributed by atoms with van der Waals surface area (Å²) in [5.74, 6) is -0.949. The molecule has 1 unspecified atom stereocenters. The van der Waals surface area contributed by atoms with Crippen molar-refractivity contribution in [1.29, 1.82) is 0 Å². The van der Waals surface area contributed by atoms with Crippen molar-refractivity contribution in [3.05, 3.63) is 26.5 Å². The average molecular weight is 525 g/mol. The molecule has 0 saturated heterocycles. The summed E-state index contributed by atoms with van der Waals surface area (Å²) in [6.07, 6.45) is 0.306. The zero-order chi connectivity index (χ0) is 27.6. The van der Waals surface area contributed by atoms with Gasteiger partial charge in [-0.15, -0.1) is 11.3 Å². The highest BCUT2D eigenvalue weighted by molar-refractivity contribution is 7.09. The third-order valence-electron chi connectivity index (χ3n) is 5.71. The summed E-state index contributed by atoms with van der Waals surface area (Å²) in [6, 6.07) is -1.81. The topological polar surface area (TPSA) is 147 Å². The third-order valence-corrected chi connectivity index (χ3v) is 6.66. The van der Waals surface area contributed by atoms with Gasteiger partial charge in [0.15, 0.2) is 5.69 Å². The Labute approximate surface area is 217 Å². The van der Waals surface area contributed by atoms with Gasteiger partial charge in [0.25, 0.3) is 0 Å². The molecule has 0 aromatic carbocycles. The number of thiazole rings is 1. The van der Waals surface area contributed by atoms with E-state index in [0.29, 0.717) is 17.8 Å². The molecule has 0 bridgehead atoms. The van der Waals surface area contributed by atoms with Gasteiger partial charge in [0.1, 0.15) is 16.7 Å². The summed E-state index contributed by atoms with van der Waals surface area (Å²) in [4.78, 5) is 47.0. The highest BCUT2D eigenvalue weighted by Gasteiger charge is 2.35. The standard InChI is InChI=1S/C24H40N6O5S/c1-10-15(5)19(27-23(33)35-24(6,7)8)21(31)30(9)18(14(3)4)12-16(28-29-25)20-26-17(13-36-20)22(32)34-11-2/h13-16,18-19H,10-12H2,1-9H3,(H,27,33)/t15-,16?,18+,19-/m0/s1. The van der Waals surface area contributed by atoms with Crippen molar-refractivity contribution in [1.82, 2.24) is 15.2 Å². The van der Waals surface area contributed by atoms with Gasteiger partial charge in [-0.3, -0.25) is 4.79 Å². The molecule has 202 valence electrons. The van der Waals surface area contributed by atoms with Crippen molar-refractivity contribution in [2.45, 2.75) is 92.0 Å². The van der Waals surface area contributed by atoms with E-state index in [4.69, 9.17) is 9.47 Å². The van der Waals surface area contributed by atoms with Crippen LogP contribution in [0.3, 0.4) is 0 Å². The Morgan fingerprint density at radius 2 is 1.89 bits per heavy atom. The first-order chi connectivity index (χ1) is 16.7. The Balaban J connectivity index is 3.19. The molecular weight excluding hydrogens is 484 g/mol. The summed E-state index contributed by atoms with van der Waals surface area (Å²) in [7, 11) is 1.68. The van der Waals surface area contributed by atoms with E-state index in [1.807, 2.05) is 27.7 Å². The second-order valence-electron chi connectivity index (χ2n) is 10.0. The minimum Gasteiger partial charge on any atom is -0.461 e. The molecule has 0 aliphatic rings. The normalized spacial score (nSPS) is 14.7. The molecule has 0 aliphatic carbocycles. The summed E-state index contributed by atoms with van der Waals surface area (Å²) in [6.45, 7) is 15.0. The number of amides is 2. The van der Waals surface area contributed by atoms with Crippen LogP contribution in [0.1, 0.15) is 89.8 Å². The fourth-order valence-corrected chi connectivity index (χ4v) is 4.44. The summed E-state index contributed by atoms with van der Waals surface area (Å²) in [5, 5.41) is 8.68. The van der Waals surface area contributed by atoms with Gasteiger partial charge in [0.2, 0.25) is 5.91 Å². The number of carbonyl (C=O) groups excluding carboxylic acids is 3. The van der Waals surface area contributed by atoms with Gasteiger partial charge in [0.05, 0.1) is 12.6 Å². The maximum absolute atomic E-state index is 13.6. The number of rotatable bonds is 12. The number of hydrogen-bond acceptors (Lipinski definition) is 8. The van der Waals surface area contributed by atoms with Crippen LogP contribution in [-0.4, -0.2) is 59.2 Å². The van der Waals surface area contributed by atoms with Crippen LogP contribution >= 0.6 is 11.3 Å². The predicted octanol–water partition coefficient (Wildman–Crippen LogP) is 5.48. The van der Waals surface area contributed by atoms with Crippen molar-refractivity contribution >= 4 is 29.3 Å². The van der Waals surface area contributed by atoms with Crippen LogP contribution in [0.2, 0.25) is 0 Å². The molecule has 4 atom stereocenters. The Morgan fingerprint density at radius 1 is 1.25 bits per heavy atom. The molecule has 1 heterocycles. The van der Waals surface area contributed by atoms with Crippen molar-refractivity contribution < 1.29 is 23.9 Å². The number of hydrogen-bond donors (Lipinski definition) is 1. The summed E-state index contributed by atoms with van der Waals surface area (Å²) < 4.78 is 10.4. The molecule has 12 heteroatoms. The molecular formula is C24H40N6O5S. The number of nitrogens with zero attached hydrogens (tertiary/aromatic N) is 5. The molecule has 0 saturated carbocycles. The molecule has 2 amide bonds. The highest BCUT2D eigenvalue weighted by Crippen LogP contribution is 2.31. The van der Waals surface area contributed by atoms with Gasteiger partial charge in [-0.1, -0.05) is 39.2 Å². The van der Waals surface area contributed by atoms with Crippen molar-refractivity contribution in [2.75, 3.05) is 13.7 Å². The molecule has 36 heavy (non-hydrogen) atoms. The first-order valence-corrected chi connectivity index (χ1v) is 13.1. The fraction of sp³-hybridized carbons (Fsp3) is 0.750. The molecule has 1 N–H and O–H groups in total. The first kappa shape index (κ1) is 31.2. The highest BCUT2D eigenvalue weighted by atomic mass is 32.1. The smallest absolute Gasteiger partial charge is 0.408 e. The average Bonchev–Trinajstić information content (AvgIpc) is 3.28. The number of alkyl carbamates (subject to hydrolysis) is 1. The van der Waals surface area contributed by atoms with Gasteiger partial charge in [0, 0.05) is 23.4 Å². The van der Waals surface area contributed by atoms with E-state index in [1.165, 1.54) is 11.3 Å². The lowest BCUT2D eigenvalue weighted by Crippen LogP contribution is -2.54. The molecule has 0 fully saturated rings. The maximum atomic E-state index is 13.6. The van der Waals surface area contributed by atoms with Crippen LogP contribution in [0.5, 0.6) is 0 Å². The number of nitrogens with one attached hydrogen (secondary N) is 1. The second kappa shape index (κ2) is 14.0. The van der Waals surface area contributed by atoms with Crippen molar-refractivity contribution in [3.63, 3.8) is 0 Å². The number of aromatic nitrogens is 1. The number of esters is 1. The van der Waals surface area contributed by atoms with Crippen LogP contribution in [0, 0.1) is 11.8 Å². The van der Waals surface area contributed by atoms with E-state index in [2.05, 4.69) is 20.3 Å². The van der Waals surface area contributed by atoms with Gasteiger partial charge >= 0.3 is 12.1 Å². The van der Waals surface area contributed by atoms with Crippen molar-refractivity contribution in [3.8, 4) is 0 Å². The number of likely N-dealkylation sites (N-methyl/N-ethyl adjacent to an activating group) is 1. The van der Waals surface area contributed by atoms with Crippen LogP contribution in [-0.2, 0) is 14.3 Å². The number of ether oxygens (including phenoxy) is 2. The Hall–Kier alpha value is -2.85. The molecule has 1 rings (SSSR count). The monoisotopic (exact) mass is 524 g/mol. The third kappa shape index (κ3) is 9.31. The van der Waals surface area contributed by atoms with Crippen LogP contribution in [0.25, 0.3) is 10.4 Å². The lowest BCUT2D eigenvalue weighted by molar-refractivity contribution is -0.136. The zero-order valence-corrected chi connectivity index (χ0v) is 23.6. The van der Waals surface area contributed by atoms with E-state index < -0.39 is 29.7 Å². The minimum absolute atomic E-state index is 0.000980. The van der Waals surface area contributed by atoms with E-state index >= 15 is 0 Å². The van der Waals surface area contributed by atoms with E-state index in [-0.39, 0.29) is 36.1 Å². The van der Waals surface area contributed by atoms with E-state index in [1.54, 1.807) is 45.0 Å².